The summed E-state index contributed by atoms with van der Waals surface area (Å²) in [6.45, 7) is 4.02. The van der Waals surface area contributed by atoms with E-state index >= 15 is 0 Å². The number of aryl methyl sites for hydroxylation is 2. The Morgan fingerprint density at radius 3 is 2.75 bits per heavy atom. The average Bonchev–Trinajstić information content (AvgIpc) is 3.06. The highest BCUT2D eigenvalue weighted by molar-refractivity contribution is 7.99. The van der Waals surface area contributed by atoms with Gasteiger partial charge in [-0.3, -0.25) is 4.68 Å². The normalized spacial score (nSPS) is 24.6. The second kappa shape index (κ2) is 5.26. The van der Waals surface area contributed by atoms with Crippen molar-refractivity contribution in [2.45, 2.75) is 49.8 Å². The lowest BCUT2D eigenvalue weighted by molar-refractivity contribution is 0.500. The third-order valence-corrected chi connectivity index (χ3v) is 5.56. The maximum atomic E-state index is 6.37. The van der Waals surface area contributed by atoms with Gasteiger partial charge in [0.2, 0.25) is 0 Å². The van der Waals surface area contributed by atoms with Crippen molar-refractivity contribution in [3.05, 3.63) is 11.5 Å². The minimum Gasteiger partial charge on any atom is -0.308 e. The molecule has 1 saturated carbocycles. The number of hydrogen-bond donors (Lipinski definition) is 0. The van der Waals surface area contributed by atoms with Gasteiger partial charge in [0.05, 0.1) is 11.1 Å². The molecule has 20 heavy (non-hydrogen) atoms. The molecule has 2 aromatic heterocycles. The molecule has 0 N–H and O–H groups in total. The van der Waals surface area contributed by atoms with Gasteiger partial charge >= 0.3 is 0 Å². The number of aromatic nitrogens is 4. The van der Waals surface area contributed by atoms with E-state index in [0.717, 1.165) is 27.9 Å². The number of nitrogens with zero attached hydrogens (tertiary/aromatic N) is 4. The first-order valence-corrected chi connectivity index (χ1v) is 8.83. The van der Waals surface area contributed by atoms with Crippen molar-refractivity contribution in [2.75, 3.05) is 6.26 Å². The lowest BCUT2D eigenvalue weighted by Crippen LogP contribution is -2.13. The molecule has 2 heterocycles. The van der Waals surface area contributed by atoms with E-state index in [-0.39, 0.29) is 5.38 Å². The van der Waals surface area contributed by atoms with Crippen LogP contribution >= 0.6 is 23.4 Å². The molecular formula is C14H21ClN4S. The van der Waals surface area contributed by atoms with Crippen molar-refractivity contribution in [3.8, 4) is 0 Å². The fourth-order valence-electron chi connectivity index (χ4n) is 3.32. The van der Waals surface area contributed by atoms with Crippen LogP contribution in [0.5, 0.6) is 0 Å². The molecule has 0 spiro atoms. The molecule has 3 atom stereocenters. The summed E-state index contributed by atoms with van der Waals surface area (Å²) in [4.78, 5) is 4.77. The van der Waals surface area contributed by atoms with Crippen molar-refractivity contribution in [1.29, 1.82) is 0 Å². The number of rotatable bonds is 3. The minimum atomic E-state index is -0.0740. The van der Waals surface area contributed by atoms with Crippen LogP contribution < -0.4 is 0 Å². The van der Waals surface area contributed by atoms with Crippen molar-refractivity contribution in [1.82, 2.24) is 19.3 Å². The van der Waals surface area contributed by atoms with Gasteiger partial charge in [-0.15, -0.1) is 11.6 Å². The minimum absolute atomic E-state index is 0.0740. The molecule has 2 aromatic rings. The van der Waals surface area contributed by atoms with Crippen LogP contribution in [-0.4, -0.2) is 30.8 Å². The zero-order valence-electron chi connectivity index (χ0n) is 12.4. The first-order chi connectivity index (χ1) is 9.52. The summed E-state index contributed by atoms with van der Waals surface area (Å²) in [5, 5.41) is 5.19. The van der Waals surface area contributed by atoms with Crippen LogP contribution in [0, 0.1) is 6.92 Å². The molecule has 110 valence electrons. The van der Waals surface area contributed by atoms with Crippen LogP contribution in [0.3, 0.4) is 0 Å². The van der Waals surface area contributed by atoms with E-state index in [0.29, 0.717) is 6.04 Å². The van der Waals surface area contributed by atoms with Crippen LogP contribution in [0.25, 0.3) is 11.2 Å². The highest BCUT2D eigenvalue weighted by atomic mass is 35.5. The van der Waals surface area contributed by atoms with E-state index in [2.05, 4.69) is 15.9 Å². The Balaban J connectivity index is 2.14. The van der Waals surface area contributed by atoms with Crippen LogP contribution in [0.15, 0.2) is 0 Å². The van der Waals surface area contributed by atoms with Crippen LogP contribution in [0.1, 0.15) is 49.1 Å². The molecule has 0 aliphatic heterocycles. The Bertz CT molecular complexity index is 631. The first kappa shape index (κ1) is 14.3. The summed E-state index contributed by atoms with van der Waals surface area (Å²) in [7, 11) is 2.00. The van der Waals surface area contributed by atoms with Gasteiger partial charge in [0.25, 0.3) is 0 Å². The largest absolute Gasteiger partial charge is 0.308 e. The first-order valence-electron chi connectivity index (χ1n) is 7.11. The summed E-state index contributed by atoms with van der Waals surface area (Å²) in [5.74, 6) is 0.990. The molecule has 3 unspecified atom stereocenters. The standard InChI is InChI=1S/C14H21ClN4S/c1-8(15)13-16-12-9(2)17-18(3)14(12)19(13)10-5-6-11(7-10)20-4/h8,10-11H,5-7H2,1-4H3. The Morgan fingerprint density at radius 2 is 2.15 bits per heavy atom. The van der Waals surface area contributed by atoms with Gasteiger partial charge in [-0.05, 0) is 39.4 Å². The number of thioether (sulfide) groups is 1. The maximum absolute atomic E-state index is 6.37. The van der Waals surface area contributed by atoms with Crippen LogP contribution in [-0.2, 0) is 7.05 Å². The predicted molar refractivity (Wildman–Crippen MR) is 85.7 cm³/mol. The Hall–Kier alpha value is -0.680. The molecule has 3 rings (SSSR count). The number of fused-ring (bicyclic) bond motifs is 1. The topological polar surface area (TPSA) is 35.6 Å². The number of halogens is 1. The maximum Gasteiger partial charge on any atom is 0.158 e. The molecule has 0 aromatic carbocycles. The lowest BCUT2D eigenvalue weighted by Gasteiger charge is -2.18. The summed E-state index contributed by atoms with van der Waals surface area (Å²) in [6, 6.07) is 0.503. The number of hydrogen-bond acceptors (Lipinski definition) is 3. The molecule has 1 fully saturated rings. The van der Waals surface area contributed by atoms with Crippen molar-refractivity contribution >= 4 is 34.5 Å². The molecular weight excluding hydrogens is 292 g/mol. The van der Waals surface area contributed by atoms with E-state index in [1.807, 2.05) is 37.3 Å². The third kappa shape index (κ3) is 2.15. The predicted octanol–water partition coefficient (Wildman–Crippen LogP) is 3.83. The van der Waals surface area contributed by atoms with Gasteiger partial charge in [-0.25, -0.2) is 4.98 Å². The third-order valence-electron chi connectivity index (χ3n) is 4.27. The molecule has 1 aliphatic carbocycles. The second-order valence-corrected chi connectivity index (χ2v) is 7.45. The molecule has 0 saturated heterocycles. The van der Waals surface area contributed by atoms with E-state index in [1.165, 1.54) is 19.3 Å². The van der Waals surface area contributed by atoms with E-state index < -0.39 is 0 Å². The van der Waals surface area contributed by atoms with Crippen molar-refractivity contribution in [2.24, 2.45) is 7.05 Å². The second-order valence-electron chi connectivity index (χ2n) is 5.66. The highest BCUT2D eigenvalue weighted by Crippen LogP contribution is 2.40. The summed E-state index contributed by atoms with van der Waals surface area (Å²) >= 11 is 8.35. The molecule has 1 aliphatic rings. The van der Waals surface area contributed by atoms with Gasteiger partial charge in [-0.1, -0.05) is 0 Å². The lowest BCUT2D eigenvalue weighted by atomic mass is 10.2. The van der Waals surface area contributed by atoms with E-state index in [4.69, 9.17) is 16.6 Å². The molecule has 6 heteroatoms. The Kier molecular flexibility index (Phi) is 3.75. The van der Waals surface area contributed by atoms with Gasteiger partial charge in [0.1, 0.15) is 11.3 Å². The Morgan fingerprint density at radius 1 is 1.40 bits per heavy atom. The zero-order valence-corrected chi connectivity index (χ0v) is 14.0. The average molecular weight is 313 g/mol. The van der Waals surface area contributed by atoms with Crippen molar-refractivity contribution in [3.63, 3.8) is 0 Å². The molecule has 0 bridgehead atoms. The zero-order chi connectivity index (χ0) is 14.4. The SMILES string of the molecule is CSC1CCC(n2c(C(C)Cl)nc3c(C)nn(C)c32)C1. The van der Waals surface area contributed by atoms with E-state index in [9.17, 15) is 0 Å². The van der Waals surface area contributed by atoms with Gasteiger partial charge in [-0.2, -0.15) is 16.9 Å². The quantitative estimate of drug-likeness (QED) is 0.808. The summed E-state index contributed by atoms with van der Waals surface area (Å²) in [5.41, 5.74) is 3.11. The molecule has 0 radical (unpaired) electrons. The van der Waals surface area contributed by atoms with Crippen LogP contribution in [0.4, 0.5) is 0 Å². The van der Waals surface area contributed by atoms with Gasteiger partial charge in [0.15, 0.2) is 5.65 Å². The van der Waals surface area contributed by atoms with Gasteiger partial charge in [0, 0.05) is 18.3 Å². The smallest absolute Gasteiger partial charge is 0.158 e. The monoisotopic (exact) mass is 312 g/mol. The number of alkyl halides is 1. The number of imidazole rings is 1. The van der Waals surface area contributed by atoms with Gasteiger partial charge < -0.3 is 4.57 Å². The Labute approximate surface area is 128 Å². The fourth-order valence-corrected chi connectivity index (χ4v) is 4.26. The van der Waals surface area contributed by atoms with E-state index in [1.54, 1.807) is 0 Å². The molecule has 0 amide bonds. The summed E-state index contributed by atoms with van der Waals surface area (Å²) < 4.78 is 4.30. The highest BCUT2D eigenvalue weighted by Gasteiger charge is 2.31. The fraction of sp³-hybridized carbons (Fsp3) is 0.714. The van der Waals surface area contributed by atoms with Crippen LogP contribution in [0.2, 0.25) is 0 Å². The summed E-state index contributed by atoms with van der Waals surface area (Å²) in [6.07, 6.45) is 5.89. The van der Waals surface area contributed by atoms with Crippen molar-refractivity contribution < 1.29 is 0 Å². The molecule has 4 nitrogen and oxygen atoms in total.